The van der Waals surface area contributed by atoms with Gasteiger partial charge in [0.05, 0.1) is 43.3 Å². The molecule has 0 unspecified atom stereocenters. The maximum atomic E-state index is 15.7. The summed E-state index contributed by atoms with van der Waals surface area (Å²) in [6.45, 7) is 4.30. The molecule has 0 radical (unpaired) electrons. The van der Waals surface area contributed by atoms with Gasteiger partial charge in [0.2, 0.25) is 0 Å². The minimum Gasteiger partial charge on any atom is -0.453 e. The van der Waals surface area contributed by atoms with Crippen LogP contribution >= 0.6 is 0 Å². The number of piperazine rings is 1. The van der Waals surface area contributed by atoms with Crippen LogP contribution in [0.3, 0.4) is 0 Å². The molecule has 1 amide bonds. The fraction of sp³-hybridized carbons (Fsp3) is 0.407. The van der Waals surface area contributed by atoms with E-state index in [1.807, 2.05) is 43.1 Å². The number of nitrogens with zero attached hydrogens (tertiary/aromatic N) is 5. The summed E-state index contributed by atoms with van der Waals surface area (Å²) in [6.07, 6.45) is 1.21. The Morgan fingerprint density at radius 3 is 2.68 bits per heavy atom. The molecule has 0 aliphatic carbocycles. The normalized spacial score (nSPS) is 18.7. The van der Waals surface area contributed by atoms with Crippen LogP contribution in [0, 0.1) is 18.6 Å². The summed E-state index contributed by atoms with van der Waals surface area (Å²) in [5, 5.41) is 0. The topological polar surface area (TPSA) is 79.6 Å². The van der Waals surface area contributed by atoms with Gasteiger partial charge in [0, 0.05) is 44.5 Å². The van der Waals surface area contributed by atoms with Gasteiger partial charge in [-0.15, -0.1) is 0 Å². The van der Waals surface area contributed by atoms with Crippen molar-refractivity contribution in [3.63, 3.8) is 0 Å². The Hall–Kier alpha value is -3.79. The molecule has 2 fully saturated rings. The molecule has 0 saturated carbocycles. The number of likely N-dealkylation sites (N-methyl/N-ethyl adjacent to an activating group) is 1. The molecule has 2 aliphatic heterocycles. The SMILES string of the molecule is COC(=O)N1CCO[C@@H](Cc2c(-c3c(F)cc(N4CCN(C)CC4=C=O)cc3F)nc3cc(C)ccn23)C1. The van der Waals surface area contributed by atoms with Crippen molar-refractivity contribution in [3.8, 4) is 11.3 Å². The summed E-state index contributed by atoms with van der Waals surface area (Å²) in [6, 6.07) is 6.19. The Balaban J connectivity index is 1.55. The van der Waals surface area contributed by atoms with E-state index in [1.165, 1.54) is 19.2 Å². The van der Waals surface area contributed by atoms with E-state index in [0.717, 1.165) is 5.56 Å². The number of aryl methyl sites for hydroxylation is 1. The number of rotatable bonds is 4. The lowest BCUT2D eigenvalue weighted by Crippen LogP contribution is -2.46. The zero-order valence-electron chi connectivity index (χ0n) is 21.5. The Labute approximate surface area is 218 Å². The van der Waals surface area contributed by atoms with Crippen LogP contribution in [0.2, 0.25) is 0 Å². The van der Waals surface area contributed by atoms with Gasteiger partial charge in [0.15, 0.2) is 0 Å². The highest BCUT2D eigenvalue weighted by molar-refractivity contribution is 5.73. The van der Waals surface area contributed by atoms with Crippen molar-refractivity contribution in [1.82, 2.24) is 19.2 Å². The number of carbonyl (C=O) groups is 1. The number of hydrogen-bond acceptors (Lipinski definition) is 7. The predicted octanol–water partition coefficient (Wildman–Crippen LogP) is 3.06. The van der Waals surface area contributed by atoms with Crippen molar-refractivity contribution in [3.05, 3.63) is 59.1 Å². The van der Waals surface area contributed by atoms with Gasteiger partial charge in [0.1, 0.15) is 28.9 Å². The summed E-state index contributed by atoms with van der Waals surface area (Å²) < 4.78 is 44.0. The van der Waals surface area contributed by atoms with Gasteiger partial charge in [-0.05, 0) is 43.8 Å². The van der Waals surface area contributed by atoms with Crippen LogP contribution in [0.1, 0.15) is 11.3 Å². The van der Waals surface area contributed by atoms with E-state index in [-0.39, 0.29) is 29.9 Å². The highest BCUT2D eigenvalue weighted by Crippen LogP contribution is 2.35. The molecule has 200 valence electrons. The van der Waals surface area contributed by atoms with Crippen LogP contribution in [0.5, 0.6) is 0 Å². The maximum Gasteiger partial charge on any atom is 0.409 e. The summed E-state index contributed by atoms with van der Waals surface area (Å²) in [5.41, 5.74) is 2.54. The second-order valence-corrected chi connectivity index (χ2v) is 9.67. The number of anilines is 1. The minimum atomic E-state index is -0.786. The summed E-state index contributed by atoms with van der Waals surface area (Å²) in [5.74, 6) is 0.329. The number of ether oxygens (including phenoxy) is 2. The molecule has 9 nitrogen and oxygen atoms in total. The first-order chi connectivity index (χ1) is 18.3. The van der Waals surface area contributed by atoms with Crippen molar-refractivity contribution in [2.45, 2.75) is 19.4 Å². The second kappa shape index (κ2) is 10.5. The van der Waals surface area contributed by atoms with E-state index < -0.39 is 23.8 Å². The first-order valence-electron chi connectivity index (χ1n) is 12.4. The van der Waals surface area contributed by atoms with E-state index in [2.05, 4.69) is 4.98 Å². The third kappa shape index (κ3) is 4.88. The molecule has 38 heavy (non-hydrogen) atoms. The van der Waals surface area contributed by atoms with Crippen molar-refractivity contribution >= 4 is 23.4 Å². The van der Waals surface area contributed by atoms with Gasteiger partial charge in [-0.25, -0.2) is 23.4 Å². The number of benzene rings is 1. The number of morpholine rings is 1. The standard InChI is InChI=1S/C27H29F2N5O4/c1-17-4-5-34-23(13-20-15-32(8-9-38-20)27(36)37-3)26(30-24(34)10-17)25-21(28)11-18(12-22(25)29)33-7-6-31(2)14-19(33)16-35/h4-5,10-12,20H,6-9,13-15H2,1-3H3/t20-/m0/s1. The molecule has 1 atom stereocenters. The molecule has 3 aromatic rings. The monoisotopic (exact) mass is 525 g/mol. The maximum absolute atomic E-state index is 15.7. The molecule has 4 heterocycles. The van der Waals surface area contributed by atoms with Crippen molar-refractivity contribution < 1.29 is 27.8 Å². The summed E-state index contributed by atoms with van der Waals surface area (Å²) in [7, 11) is 3.19. The van der Waals surface area contributed by atoms with E-state index in [1.54, 1.807) is 14.2 Å². The number of aromatic nitrogens is 2. The first-order valence-corrected chi connectivity index (χ1v) is 12.4. The average Bonchev–Trinajstić information content (AvgIpc) is 3.24. The molecule has 11 heteroatoms. The quantitative estimate of drug-likeness (QED) is 0.485. The minimum absolute atomic E-state index is 0.167. The van der Waals surface area contributed by atoms with Gasteiger partial charge >= 0.3 is 6.09 Å². The molecule has 2 saturated heterocycles. The van der Waals surface area contributed by atoms with Gasteiger partial charge in [-0.3, -0.25) is 4.90 Å². The van der Waals surface area contributed by atoms with E-state index >= 15 is 8.78 Å². The smallest absolute Gasteiger partial charge is 0.409 e. The third-order valence-corrected chi connectivity index (χ3v) is 7.02. The summed E-state index contributed by atoms with van der Waals surface area (Å²) in [4.78, 5) is 33.3. The van der Waals surface area contributed by atoms with Crippen LogP contribution in [-0.2, 0) is 20.7 Å². The number of carbonyl (C=O) groups excluding carboxylic acids is 2. The van der Waals surface area contributed by atoms with Crippen LogP contribution in [-0.4, -0.2) is 90.8 Å². The Bertz CT molecular complexity index is 1410. The van der Waals surface area contributed by atoms with Crippen LogP contribution in [0.4, 0.5) is 19.3 Å². The molecule has 2 aliphatic rings. The molecular formula is C27H29F2N5O4. The second-order valence-electron chi connectivity index (χ2n) is 9.67. The number of fused-ring (bicyclic) bond motifs is 1. The molecule has 5 rings (SSSR count). The lowest BCUT2D eigenvalue weighted by atomic mass is 10.0. The number of pyridine rings is 1. The third-order valence-electron chi connectivity index (χ3n) is 7.02. The van der Waals surface area contributed by atoms with E-state index in [4.69, 9.17) is 9.47 Å². The Morgan fingerprint density at radius 2 is 1.97 bits per heavy atom. The molecule has 1 aromatic carbocycles. The van der Waals surface area contributed by atoms with Crippen molar-refractivity contribution in [2.75, 3.05) is 58.4 Å². The fourth-order valence-electron chi connectivity index (χ4n) is 5.09. The first kappa shape index (κ1) is 25.8. The Morgan fingerprint density at radius 1 is 1.21 bits per heavy atom. The highest BCUT2D eigenvalue weighted by Gasteiger charge is 2.30. The van der Waals surface area contributed by atoms with Gasteiger partial charge in [0.25, 0.3) is 0 Å². The van der Waals surface area contributed by atoms with Gasteiger partial charge in [-0.2, -0.15) is 0 Å². The van der Waals surface area contributed by atoms with Gasteiger partial charge < -0.3 is 23.7 Å². The molecule has 2 aromatic heterocycles. The number of halogens is 2. The zero-order chi connectivity index (χ0) is 27.0. The molecule has 0 spiro atoms. The van der Waals surface area contributed by atoms with E-state index in [9.17, 15) is 9.59 Å². The number of amides is 1. The molecular weight excluding hydrogens is 496 g/mol. The lowest BCUT2D eigenvalue weighted by Gasteiger charge is -2.34. The fourth-order valence-corrected chi connectivity index (χ4v) is 5.09. The summed E-state index contributed by atoms with van der Waals surface area (Å²) >= 11 is 0. The number of methoxy groups -OCH3 is 1. The average molecular weight is 526 g/mol. The Kier molecular flexibility index (Phi) is 7.16. The largest absolute Gasteiger partial charge is 0.453 e. The molecule has 0 N–H and O–H groups in total. The molecule has 0 bridgehead atoms. The number of imidazole rings is 1. The van der Waals surface area contributed by atoms with Crippen LogP contribution in [0.15, 0.2) is 36.2 Å². The lowest BCUT2D eigenvalue weighted by molar-refractivity contribution is -0.0241. The highest BCUT2D eigenvalue weighted by atomic mass is 19.1. The van der Waals surface area contributed by atoms with Crippen molar-refractivity contribution in [2.24, 2.45) is 0 Å². The van der Waals surface area contributed by atoms with Crippen LogP contribution < -0.4 is 4.90 Å². The van der Waals surface area contributed by atoms with E-state index in [0.29, 0.717) is 49.8 Å². The van der Waals surface area contributed by atoms with Crippen molar-refractivity contribution in [1.29, 1.82) is 0 Å². The predicted molar refractivity (Wildman–Crippen MR) is 137 cm³/mol. The number of hydrogen-bond donors (Lipinski definition) is 0. The van der Waals surface area contributed by atoms with Crippen LogP contribution in [0.25, 0.3) is 16.9 Å². The zero-order valence-corrected chi connectivity index (χ0v) is 21.5. The van der Waals surface area contributed by atoms with Gasteiger partial charge in [-0.1, -0.05) is 0 Å².